The number of rotatable bonds is 5. The molecule has 0 N–H and O–H groups in total. The minimum atomic E-state index is 0.558. The summed E-state index contributed by atoms with van der Waals surface area (Å²) in [6.45, 7) is 0. The summed E-state index contributed by atoms with van der Waals surface area (Å²) in [6, 6.07) is 13.2. The molecule has 0 atom stereocenters. The van der Waals surface area contributed by atoms with Gasteiger partial charge in [-0.2, -0.15) is 4.57 Å². The normalized spacial score (nSPS) is 16.3. The third kappa shape index (κ3) is 2.93. The van der Waals surface area contributed by atoms with Crippen molar-refractivity contribution in [2.24, 2.45) is 7.05 Å². The lowest BCUT2D eigenvalue weighted by atomic mass is 10.1. The summed E-state index contributed by atoms with van der Waals surface area (Å²) in [7, 11) is 2.06. The van der Waals surface area contributed by atoms with Gasteiger partial charge in [-0.1, -0.05) is 12.1 Å². The van der Waals surface area contributed by atoms with E-state index in [1.54, 1.807) is 0 Å². The van der Waals surface area contributed by atoms with Crippen molar-refractivity contribution in [2.75, 3.05) is 0 Å². The van der Waals surface area contributed by atoms with Gasteiger partial charge in [-0.05, 0) is 25.7 Å². The molecule has 3 heterocycles. The number of pyridine rings is 1. The molecular formula is C22H22N7+. The maximum Gasteiger partial charge on any atom is 0.211 e. The highest BCUT2D eigenvalue weighted by molar-refractivity contribution is 5.58. The van der Waals surface area contributed by atoms with Crippen molar-refractivity contribution < 1.29 is 4.57 Å². The van der Waals surface area contributed by atoms with Crippen LogP contribution in [0.2, 0.25) is 0 Å². The molecule has 144 valence electrons. The predicted molar refractivity (Wildman–Crippen MR) is 107 cm³/mol. The molecule has 0 amide bonds. The summed E-state index contributed by atoms with van der Waals surface area (Å²) in [6.07, 6.45) is 10.9. The van der Waals surface area contributed by atoms with Gasteiger partial charge in [-0.15, -0.1) is 20.4 Å². The Labute approximate surface area is 168 Å². The van der Waals surface area contributed by atoms with Crippen LogP contribution in [-0.4, -0.2) is 29.5 Å². The topological polar surface area (TPSA) is 65.3 Å². The lowest BCUT2D eigenvalue weighted by Crippen LogP contribution is -2.29. The molecule has 0 aliphatic heterocycles. The average molecular weight is 384 g/mol. The number of aromatic nitrogens is 7. The van der Waals surface area contributed by atoms with Gasteiger partial charge < -0.3 is 9.13 Å². The molecule has 3 aromatic heterocycles. The first-order chi connectivity index (χ1) is 14.3. The monoisotopic (exact) mass is 384 g/mol. The molecule has 0 spiro atoms. The van der Waals surface area contributed by atoms with E-state index in [0.717, 1.165) is 34.3 Å². The Kier molecular flexibility index (Phi) is 3.62. The Morgan fingerprint density at radius 2 is 1.72 bits per heavy atom. The van der Waals surface area contributed by atoms with Crippen LogP contribution < -0.4 is 4.57 Å². The molecule has 4 aromatic rings. The Bertz CT molecular complexity index is 1180. The van der Waals surface area contributed by atoms with Crippen LogP contribution in [0.3, 0.4) is 0 Å². The second kappa shape index (κ2) is 6.34. The van der Waals surface area contributed by atoms with E-state index < -0.39 is 0 Å². The van der Waals surface area contributed by atoms with Gasteiger partial charge in [0.05, 0.1) is 0 Å². The molecule has 6 rings (SSSR count). The molecule has 2 saturated carbocycles. The molecule has 7 heteroatoms. The second-order valence-electron chi connectivity index (χ2n) is 8.05. The molecule has 0 radical (unpaired) electrons. The SMILES string of the molecule is Cn1c(-c2cc[n+](-c3cccc(-c4nncn4C4CC4)c3)cc2)nnc1C1CC1. The van der Waals surface area contributed by atoms with Gasteiger partial charge in [-0.25, -0.2) is 0 Å². The van der Waals surface area contributed by atoms with Gasteiger partial charge in [0.25, 0.3) is 0 Å². The lowest BCUT2D eigenvalue weighted by molar-refractivity contribution is -0.595. The van der Waals surface area contributed by atoms with Crippen LogP contribution in [0.15, 0.2) is 55.1 Å². The molecule has 2 aliphatic rings. The largest absolute Gasteiger partial charge is 0.314 e. The van der Waals surface area contributed by atoms with Crippen molar-refractivity contribution in [3.63, 3.8) is 0 Å². The molecule has 2 fully saturated rings. The van der Waals surface area contributed by atoms with E-state index in [4.69, 9.17) is 0 Å². The maximum atomic E-state index is 4.42. The second-order valence-corrected chi connectivity index (χ2v) is 8.05. The van der Waals surface area contributed by atoms with Crippen molar-refractivity contribution in [2.45, 2.75) is 37.6 Å². The molecular weight excluding hydrogens is 362 g/mol. The first-order valence-corrected chi connectivity index (χ1v) is 10.2. The van der Waals surface area contributed by atoms with Crippen LogP contribution in [-0.2, 0) is 7.05 Å². The summed E-state index contributed by atoms with van der Waals surface area (Å²) in [5.74, 6) is 3.56. The summed E-state index contributed by atoms with van der Waals surface area (Å²) >= 11 is 0. The highest BCUT2D eigenvalue weighted by Crippen LogP contribution is 2.39. The van der Waals surface area contributed by atoms with E-state index in [1.807, 2.05) is 6.33 Å². The molecule has 0 saturated heterocycles. The smallest absolute Gasteiger partial charge is 0.211 e. The molecule has 2 aliphatic carbocycles. The zero-order valence-corrected chi connectivity index (χ0v) is 16.3. The van der Waals surface area contributed by atoms with Crippen LogP contribution >= 0.6 is 0 Å². The highest BCUT2D eigenvalue weighted by atomic mass is 15.3. The van der Waals surface area contributed by atoms with Gasteiger partial charge in [0.1, 0.15) is 12.2 Å². The lowest BCUT2D eigenvalue weighted by Gasteiger charge is -2.05. The van der Waals surface area contributed by atoms with E-state index >= 15 is 0 Å². The van der Waals surface area contributed by atoms with Crippen molar-refractivity contribution in [3.05, 3.63) is 60.9 Å². The number of benzene rings is 1. The quantitative estimate of drug-likeness (QED) is 0.496. The summed E-state index contributed by atoms with van der Waals surface area (Å²) in [4.78, 5) is 0. The first kappa shape index (κ1) is 16.6. The first-order valence-electron chi connectivity index (χ1n) is 10.2. The predicted octanol–water partition coefficient (Wildman–Crippen LogP) is 3.23. The molecule has 0 unspecified atom stereocenters. The van der Waals surface area contributed by atoms with E-state index in [0.29, 0.717) is 12.0 Å². The minimum absolute atomic E-state index is 0.558. The minimum Gasteiger partial charge on any atom is -0.314 e. The van der Waals surface area contributed by atoms with Crippen molar-refractivity contribution in [1.29, 1.82) is 0 Å². The van der Waals surface area contributed by atoms with Crippen molar-refractivity contribution >= 4 is 0 Å². The zero-order valence-electron chi connectivity index (χ0n) is 16.3. The Morgan fingerprint density at radius 1 is 0.897 bits per heavy atom. The fourth-order valence-corrected chi connectivity index (χ4v) is 3.91. The van der Waals surface area contributed by atoms with Crippen molar-refractivity contribution in [1.82, 2.24) is 29.5 Å². The highest BCUT2D eigenvalue weighted by Gasteiger charge is 2.29. The van der Waals surface area contributed by atoms with Gasteiger partial charge >= 0.3 is 0 Å². The van der Waals surface area contributed by atoms with E-state index in [9.17, 15) is 0 Å². The molecule has 0 bridgehead atoms. The fourth-order valence-electron chi connectivity index (χ4n) is 3.91. The Hall–Kier alpha value is -3.35. The van der Waals surface area contributed by atoms with Crippen LogP contribution in [0, 0.1) is 0 Å². The molecule has 1 aromatic carbocycles. The van der Waals surface area contributed by atoms with Crippen LogP contribution in [0.1, 0.15) is 43.5 Å². The zero-order chi connectivity index (χ0) is 19.4. The van der Waals surface area contributed by atoms with Gasteiger partial charge in [-0.3, -0.25) is 0 Å². The van der Waals surface area contributed by atoms with Crippen LogP contribution in [0.4, 0.5) is 0 Å². The summed E-state index contributed by atoms with van der Waals surface area (Å²) in [5.41, 5.74) is 3.26. The van der Waals surface area contributed by atoms with E-state index in [2.05, 4.69) is 89.9 Å². The number of hydrogen-bond donors (Lipinski definition) is 0. The molecule has 7 nitrogen and oxygen atoms in total. The van der Waals surface area contributed by atoms with E-state index in [-0.39, 0.29) is 0 Å². The summed E-state index contributed by atoms with van der Waals surface area (Å²) in [5, 5.41) is 17.3. The number of hydrogen-bond acceptors (Lipinski definition) is 4. The number of nitrogens with zero attached hydrogens (tertiary/aromatic N) is 7. The Balaban J connectivity index is 1.31. The van der Waals surface area contributed by atoms with Crippen LogP contribution in [0.5, 0.6) is 0 Å². The van der Waals surface area contributed by atoms with Crippen LogP contribution in [0.25, 0.3) is 28.5 Å². The maximum absolute atomic E-state index is 4.42. The van der Waals surface area contributed by atoms with Gasteiger partial charge in [0.2, 0.25) is 5.69 Å². The van der Waals surface area contributed by atoms with E-state index in [1.165, 1.54) is 25.7 Å². The van der Waals surface area contributed by atoms with Gasteiger partial charge in [0, 0.05) is 54.4 Å². The van der Waals surface area contributed by atoms with Crippen molar-refractivity contribution in [3.8, 4) is 28.5 Å². The fraction of sp³-hybridized carbons (Fsp3) is 0.318. The average Bonchev–Trinajstić information content (AvgIpc) is 3.70. The Morgan fingerprint density at radius 3 is 2.48 bits per heavy atom. The molecule has 29 heavy (non-hydrogen) atoms. The third-order valence-corrected chi connectivity index (χ3v) is 5.85. The third-order valence-electron chi connectivity index (χ3n) is 5.85. The van der Waals surface area contributed by atoms with Gasteiger partial charge in [0.15, 0.2) is 24.0 Å². The summed E-state index contributed by atoms with van der Waals surface area (Å²) < 4.78 is 6.43. The standard InChI is InChI=1S/C22H22N7/c1-27-20(15-5-6-15)25-26-21(27)16-9-11-28(12-10-16)19-4-2-3-17(13-19)22-24-23-14-29(22)18-7-8-18/h2-4,9-15,18H,5-8H2,1H3/q+1.